The molecule has 7 heteroatoms. The monoisotopic (exact) mass is 387 g/mol. The second-order valence-corrected chi connectivity index (χ2v) is 7.69. The van der Waals surface area contributed by atoms with Crippen LogP contribution in [0.15, 0.2) is 36.0 Å². The second kappa shape index (κ2) is 9.19. The van der Waals surface area contributed by atoms with E-state index in [0.29, 0.717) is 17.8 Å². The number of carbonyl (C=O) groups is 1. The number of nitrogens with two attached hydrogens (primary N) is 1. The molecule has 1 aliphatic heterocycles. The van der Waals surface area contributed by atoms with Crippen molar-refractivity contribution >= 4 is 17.8 Å². The topological polar surface area (TPSA) is 76.7 Å². The summed E-state index contributed by atoms with van der Waals surface area (Å²) in [7, 11) is 2.06. The van der Waals surface area contributed by atoms with Crippen molar-refractivity contribution in [2.45, 2.75) is 37.8 Å². The summed E-state index contributed by atoms with van der Waals surface area (Å²) in [5, 5.41) is 7.50. The number of piperazine rings is 1. The molecule has 0 spiro atoms. The lowest BCUT2D eigenvalue weighted by atomic mass is 9.88. The van der Waals surface area contributed by atoms with Crippen LogP contribution in [0, 0.1) is 11.2 Å². The van der Waals surface area contributed by atoms with Crippen LogP contribution < -0.4 is 10.6 Å². The van der Waals surface area contributed by atoms with Crippen LogP contribution in [0.25, 0.3) is 0 Å². The lowest BCUT2D eigenvalue weighted by Gasteiger charge is -2.44. The molecule has 0 aromatic heterocycles. The molecule has 1 amide bonds. The maximum absolute atomic E-state index is 13.5. The molecule has 0 unspecified atom stereocenters. The Hall–Kier alpha value is -2.41. The molecule has 2 aliphatic rings. The Balaban J connectivity index is 1.49. The number of amides is 1. The van der Waals surface area contributed by atoms with Gasteiger partial charge in [0.1, 0.15) is 5.82 Å². The van der Waals surface area contributed by atoms with Crippen molar-refractivity contribution in [3.8, 4) is 0 Å². The first-order chi connectivity index (χ1) is 13.5. The summed E-state index contributed by atoms with van der Waals surface area (Å²) in [6.07, 6.45) is 7.01. The highest BCUT2D eigenvalue weighted by atomic mass is 19.1. The molecule has 0 atom stereocenters. The van der Waals surface area contributed by atoms with E-state index in [4.69, 9.17) is 11.1 Å². The van der Waals surface area contributed by atoms with E-state index in [1.165, 1.54) is 18.4 Å². The molecule has 3 rings (SSSR count). The fourth-order valence-corrected chi connectivity index (χ4v) is 4.43. The standard InChI is InChI=1S/C21H30FN5O/c1-25(19-4-2-3-16(22)13-19)17-5-7-18(8-6-17)26-9-11-27(12-10-26)20(15-23)14-21(24)28/h2-4,13-15,17-18,23H,5-12H2,1H3,(H2,24,28)/b20-14+,23-15?. The van der Waals surface area contributed by atoms with Gasteiger partial charge in [-0.05, 0) is 43.9 Å². The third-order valence-electron chi connectivity index (χ3n) is 6.06. The van der Waals surface area contributed by atoms with Crippen molar-refractivity contribution in [3.63, 3.8) is 0 Å². The van der Waals surface area contributed by atoms with Crippen LogP contribution >= 0.6 is 0 Å². The van der Waals surface area contributed by atoms with Crippen molar-refractivity contribution in [1.82, 2.24) is 9.80 Å². The summed E-state index contributed by atoms with van der Waals surface area (Å²) in [5.41, 5.74) is 6.76. The van der Waals surface area contributed by atoms with Gasteiger partial charge in [-0.15, -0.1) is 0 Å². The van der Waals surface area contributed by atoms with Crippen molar-refractivity contribution in [3.05, 3.63) is 41.9 Å². The van der Waals surface area contributed by atoms with Crippen molar-refractivity contribution in [2.75, 3.05) is 38.1 Å². The van der Waals surface area contributed by atoms with E-state index < -0.39 is 5.91 Å². The predicted octanol–water partition coefficient (Wildman–Crippen LogP) is 2.21. The molecular formula is C21H30FN5O. The van der Waals surface area contributed by atoms with Gasteiger partial charge < -0.3 is 20.9 Å². The van der Waals surface area contributed by atoms with Crippen LogP contribution in [0.5, 0.6) is 0 Å². The number of hydrogen-bond donors (Lipinski definition) is 2. The van der Waals surface area contributed by atoms with Crippen LogP contribution in [-0.2, 0) is 4.79 Å². The van der Waals surface area contributed by atoms with E-state index in [9.17, 15) is 9.18 Å². The zero-order chi connectivity index (χ0) is 20.1. The van der Waals surface area contributed by atoms with E-state index in [1.54, 1.807) is 12.1 Å². The number of carbonyl (C=O) groups excluding carboxylic acids is 1. The molecule has 28 heavy (non-hydrogen) atoms. The van der Waals surface area contributed by atoms with Gasteiger partial charge in [-0.25, -0.2) is 4.39 Å². The smallest absolute Gasteiger partial charge is 0.243 e. The normalized spacial score (nSPS) is 24.1. The maximum atomic E-state index is 13.5. The fourth-order valence-electron chi connectivity index (χ4n) is 4.43. The zero-order valence-corrected chi connectivity index (χ0v) is 16.5. The molecule has 1 saturated carbocycles. The van der Waals surface area contributed by atoms with Gasteiger partial charge in [0.25, 0.3) is 0 Å². The summed E-state index contributed by atoms with van der Waals surface area (Å²) in [6.45, 7) is 3.47. The van der Waals surface area contributed by atoms with Crippen LogP contribution in [-0.4, -0.2) is 67.2 Å². The van der Waals surface area contributed by atoms with E-state index >= 15 is 0 Å². The molecule has 1 aromatic rings. The minimum absolute atomic E-state index is 0.189. The average Bonchev–Trinajstić information content (AvgIpc) is 2.71. The summed E-state index contributed by atoms with van der Waals surface area (Å²) in [4.78, 5) is 17.9. The average molecular weight is 388 g/mol. The molecule has 1 aromatic carbocycles. The summed E-state index contributed by atoms with van der Waals surface area (Å²) >= 11 is 0. The van der Waals surface area contributed by atoms with Crippen LogP contribution in [0.4, 0.5) is 10.1 Å². The largest absolute Gasteiger partial charge is 0.372 e. The Labute approximate surface area is 166 Å². The Morgan fingerprint density at radius 2 is 1.89 bits per heavy atom. The number of allylic oxidation sites excluding steroid dienone is 1. The van der Waals surface area contributed by atoms with E-state index in [2.05, 4.69) is 21.7 Å². The fraction of sp³-hybridized carbons (Fsp3) is 0.524. The Kier molecular flexibility index (Phi) is 6.67. The van der Waals surface area contributed by atoms with Gasteiger partial charge in [0.05, 0.1) is 5.70 Å². The SMILES string of the molecule is CN(c1cccc(F)c1)C1CCC(N2CCN(/C(C=N)=C/C(N)=O)CC2)CC1. The number of benzene rings is 1. The van der Waals surface area contributed by atoms with E-state index in [-0.39, 0.29) is 5.82 Å². The van der Waals surface area contributed by atoms with E-state index in [1.807, 2.05) is 6.07 Å². The summed E-state index contributed by atoms with van der Waals surface area (Å²) in [5.74, 6) is -0.702. The van der Waals surface area contributed by atoms with Gasteiger partial charge >= 0.3 is 0 Å². The maximum Gasteiger partial charge on any atom is 0.243 e. The summed E-state index contributed by atoms with van der Waals surface area (Å²) in [6, 6.07) is 7.84. The Bertz CT molecular complexity index is 721. The third kappa shape index (κ3) is 4.90. The lowest BCUT2D eigenvalue weighted by Crippen LogP contribution is -2.52. The van der Waals surface area contributed by atoms with Crippen LogP contribution in [0.3, 0.4) is 0 Å². The first kappa shape index (κ1) is 20.3. The number of rotatable bonds is 6. The van der Waals surface area contributed by atoms with Crippen molar-refractivity contribution < 1.29 is 9.18 Å². The number of anilines is 1. The Morgan fingerprint density at radius 1 is 1.21 bits per heavy atom. The first-order valence-electron chi connectivity index (χ1n) is 9.97. The molecule has 1 saturated heterocycles. The number of halogens is 1. The van der Waals surface area contributed by atoms with Gasteiger partial charge in [0.2, 0.25) is 5.91 Å². The molecule has 0 bridgehead atoms. The third-order valence-corrected chi connectivity index (χ3v) is 6.06. The highest BCUT2D eigenvalue weighted by Crippen LogP contribution is 2.29. The predicted molar refractivity (Wildman–Crippen MR) is 110 cm³/mol. The number of nitrogens with one attached hydrogen (secondary N) is 1. The quantitative estimate of drug-likeness (QED) is 0.580. The first-order valence-corrected chi connectivity index (χ1v) is 9.97. The number of hydrogen-bond acceptors (Lipinski definition) is 5. The van der Waals surface area contributed by atoms with Gasteiger partial charge in [0, 0.05) is 63.3 Å². The highest BCUT2D eigenvalue weighted by molar-refractivity contribution is 5.92. The van der Waals surface area contributed by atoms with Gasteiger partial charge in [0.15, 0.2) is 0 Å². The van der Waals surface area contributed by atoms with Gasteiger partial charge in [-0.3, -0.25) is 9.69 Å². The molecule has 3 N–H and O–H groups in total. The summed E-state index contributed by atoms with van der Waals surface area (Å²) < 4.78 is 13.5. The van der Waals surface area contributed by atoms with Crippen molar-refractivity contribution in [1.29, 1.82) is 5.41 Å². The highest BCUT2D eigenvalue weighted by Gasteiger charge is 2.30. The molecule has 2 fully saturated rings. The number of primary amides is 1. The van der Waals surface area contributed by atoms with Crippen LogP contribution in [0.1, 0.15) is 25.7 Å². The molecule has 152 valence electrons. The lowest BCUT2D eigenvalue weighted by molar-refractivity contribution is -0.113. The molecule has 0 radical (unpaired) electrons. The van der Waals surface area contributed by atoms with Gasteiger partial charge in [-0.2, -0.15) is 0 Å². The minimum atomic E-state index is -0.512. The second-order valence-electron chi connectivity index (χ2n) is 7.69. The minimum Gasteiger partial charge on any atom is -0.372 e. The van der Waals surface area contributed by atoms with E-state index in [0.717, 1.165) is 57.5 Å². The molecule has 6 nitrogen and oxygen atoms in total. The number of nitrogens with zero attached hydrogens (tertiary/aromatic N) is 3. The van der Waals surface area contributed by atoms with Crippen molar-refractivity contribution in [2.24, 2.45) is 5.73 Å². The van der Waals surface area contributed by atoms with Crippen LogP contribution in [0.2, 0.25) is 0 Å². The molecule has 1 heterocycles. The zero-order valence-electron chi connectivity index (χ0n) is 16.5. The Morgan fingerprint density at radius 3 is 2.46 bits per heavy atom. The molecular weight excluding hydrogens is 357 g/mol. The van der Waals surface area contributed by atoms with Gasteiger partial charge in [-0.1, -0.05) is 6.07 Å². The molecule has 1 aliphatic carbocycles.